The molecule has 0 amide bonds. The van der Waals surface area contributed by atoms with Crippen LogP contribution in [0.2, 0.25) is 0 Å². The van der Waals surface area contributed by atoms with Crippen LogP contribution in [-0.2, 0) is 6.54 Å². The Morgan fingerprint density at radius 3 is 2.79 bits per heavy atom. The van der Waals surface area contributed by atoms with Crippen LogP contribution in [0.4, 0.5) is 5.82 Å². The molecule has 2 aromatic rings. The highest BCUT2D eigenvalue weighted by Gasteiger charge is 2.20. The Morgan fingerprint density at radius 2 is 2.04 bits per heavy atom. The minimum Gasteiger partial charge on any atom is -0.504 e. The van der Waals surface area contributed by atoms with E-state index in [9.17, 15) is 5.11 Å². The average molecular weight is 328 g/mol. The maximum atomic E-state index is 10.1. The summed E-state index contributed by atoms with van der Waals surface area (Å²) in [6.45, 7) is 1.74. The third-order valence-corrected chi connectivity index (χ3v) is 5.04. The lowest BCUT2D eigenvalue weighted by Gasteiger charge is -2.13. The largest absolute Gasteiger partial charge is 0.504 e. The predicted octanol–water partition coefficient (Wildman–Crippen LogP) is 2.80. The normalized spacial score (nSPS) is 19.1. The average Bonchev–Trinajstić information content (AvgIpc) is 2.94. The van der Waals surface area contributed by atoms with Crippen molar-refractivity contribution in [1.82, 2.24) is 9.55 Å². The van der Waals surface area contributed by atoms with Crippen LogP contribution in [0.15, 0.2) is 17.1 Å². The molecule has 0 atom stereocenters. The Bertz CT molecular complexity index is 820. The fourth-order valence-corrected chi connectivity index (χ4v) is 3.81. The molecule has 6 nitrogen and oxygen atoms in total. The number of fused-ring (bicyclic) bond motifs is 3. The van der Waals surface area contributed by atoms with Gasteiger partial charge in [-0.3, -0.25) is 4.57 Å². The number of nitrogens with one attached hydrogen (secondary N) is 1. The third-order valence-electron chi connectivity index (χ3n) is 5.04. The predicted molar refractivity (Wildman–Crippen MR) is 93.5 cm³/mol. The first kappa shape index (κ1) is 15.3. The molecule has 2 N–H and O–H groups in total. The van der Waals surface area contributed by atoms with Gasteiger partial charge in [0.1, 0.15) is 11.3 Å². The lowest BCUT2D eigenvalue weighted by molar-refractivity contribution is 0.377. The molecular formula is C18H24N4O2. The van der Waals surface area contributed by atoms with E-state index in [1.807, 2.05) is 6.07 Å². The van der Waals surface area contributed by atoms with Crippen molar-refractivity contribution in [2.45, 2.75) is 51.1 Å². The fraction of sp³-hybridized carbons (Fsp3) is 0.556. The van der Waals surface area contributed by atoms with Gasteiger partial charge in [0, 0.05) is 18.5 Å². The number of aromatic nitrogens is 2. The van der Waals surface area contributed by atoms with Crippen LogP contribution >= 0.6 is 0 Å². The van der Waals surface area contributed by atoms with Gasteiger partial charge in [0.2, 0.25) is 5.62 Å². The molecule has 1 aliphatic carbocycles. The highest BCUT2D eigenvalue weighted by molar-refractivity contribution is 5.95. The smallest absolute Gasteiger partial charge is 0.227 e. The molecule has 0 spiro atoms. The summed E-state index contributed by atoms with van der Waals surface area (Å²) in [6.07, 6.45) is 7.39. The van der Waals surface area contributed by atoms with E-state index in [1.54, 1.807) is 13.2 Å². The maximum Gasteiger partial charge on any atom is 0.227 e. The van der Waals surface area contributed by atoms with E-state index in [2.05, 4.69) is 9.88 Å². The second-order valence-corrected chi connectivity index (χ2v) is 6.63. The molecule has 1 aliphatic heterocycles. The molecular weight excluding hydrogens is 304 g/mol. The summed E-state index contributed by atoms with van der Waals surface area (Å²) in [6, 6.07) is 3.89. The number of phenols is 1. The molecule has 0 radical (unpaired) electrons. The van der Waals surface area contributed by atoms with Gasteiger partial charge >= 0.3 is 0 Å². The Kier molecular flexibility index (Phi) is 4.04. The Balaban J connectivity index is 1.92. The molecule has 24 heavy (non-hydrogen) atoms. The number of phenolic OH excluding ortho intramolecular Hbond substituents is 1. The number of aromatic hydroxyl groups is 1. The van der Waals surface area contributed by atoms with Crippen molar-refractivity contribution in [2.24, 2.45) is 4.99 Å². The van der Waals surface area contributed by atoms with Crippen molar-refractivity contribution in [3.8, 4) is 11.5 Å². The SMILES string of the molecule is COc1c(O)ccc2c3n(c(=NC4CCCCCC4)nc12)CCN3. The standard InChI is InChI=1S/C18H24N4O2/c1-24-16-14(23)9-8-13-15(16)21-18(22-11-10-19-17(13)22)20-12-6-4-2-3-5-7-12/h8-9,12,19,23H,2-7,10-11H2,1H3. The quantitative estimate of drug-likeness (QED) is 0.832. The number of methoxy groups -OCH3 is 1. The van der Waals surface area contributed by atoms with Gasteiger partial charge in [-0.05, 0) is 25.0 Å². The van der Waals surface area contributed by atoms with Crippen molar-refractivity contribution < 1.29 is 9.84 Å². The minimum absolute atomic E-state index is 0.112. The first-order valence-corrected chi connectivity index (χ1v) is 8.86. The van der Waals surface area contributed by atoms with E-state index in [0.717, 1.165) is 42.8 Å². The Hall–Kier alpha value is -2.24. The lowest BCUT2D eigenvalue weighted by atomic mass is 10.1. The van der Waals surface area contributed by atoms with Gasteiger partial charge in [0.15, 0.2) is 11.5 Å². The van der Waals surface area contributed by atoms with Crippen molar-refractivity contribution in [3.05, 3.63) is 17.8 Å². The van der Waals surface area contributed by atoms with Crippen LogP contribution in [-0.4, -0.2) is 34.4 Å². The maximum absolute atomic E-state index is 10.1. The highest BCUT2D eigenvalue weighted by Crippen LogP contribution is 2.36. The summed E-state index contributed by atoms with van der Waals surface area (Å²) >= 11 is 0. The zero-order valence-corrected chi connectivity index (χ0v) is 14.1. The van der Waals surface area contributed by atoms with Crippen LogP contribution in [0.5, 0.6) is 11.5 Å². The van der Waals surface area contributed by atoms with E-state index in [0.29, 0.717) is 17.3 Å². The van der Waals surface area contributed by atoms with Gasteiger partial charge in [-0.15, -0.1) is 0 Å². The topological polar surface area (TPSA) is 71.7 Å². The van der Waals surface area contributed by atoms with Gasteiger partial charge in [0.05, 0.1) is 13.2 Å². The first-order chi connectivity index (χ1) is 11.8. The second kappa shape index (κ2) is 6.34. The number of rotatable bonds is 2. The van der Waals surface area contributed by atoms with E-state index < -0.39 is 0 Å². The summed E-state index contributed by atoms with van der Waals surface area (Å²) in [5.74, 6) is 1.55. The van der Waals surface area contributed by atoms with E-state index in [1.165, 1.54) is 25.7 Å². The summed E-state index contributed by atoms with van der Waals surface area (Å²) in [7, 11) is 1.56. The molecule has 4 rings (SSSR count). The van der Waals surface area contributed by atoms with Gasteiger partial charge in [-0.25, -0.2) is 9.98 Å². The summed E-state index contributed by atoms with van der Waals surface area (Å²) in [5, 5.41) is 14.5. The third kappa shape index (κ3) is 2.60. The second-order valence-electron chi connectivity index (χ2n) is 6.63. The molecule has 2 heterocycles. The van der Waals surface area contributed by atoms with E-state index in [-0.39, 0.29) is 5.75 Å². The summed E-state index contributed by atoms with van der Waals surface area (Å²) in [5.41, 5.74) is 1.42. The summed E-state index contributed by atoms with van der Waals surface area (Å²) in [4.78, 5) is 9.75. The van der Waals surface area contributed by atoms with Crippen molar-refractivity contribution >= 4 is 16.7 Å². The molecule has 0 saturated heterocycles. The summed E-state index contributed by atoms with van der Waals surface area (Å²) < 4.78 is 7.55. The molecule has 1 aromatic carbocycles. The van der Waals surface area contributed by atoms with Gasteiger partial charge in [0.25, 0.3) is 0 Å². The molecule has 1 fully saturated rings. The van der Waals surface area contributed by atoms with Gasteiger partial charge in [-0.2, -0.15) is 0 Å². The van der Waals surface area contributed by atoms with Gasteiger partial charge < -0.3 is 15.2 Å². The number of hydrogen-bond donors (Lipinski definition) is 2. The van der Waals surface area contributed by atoms with Crippen LogP contribution in [0.25, 0.3) is 10.9 Å². The molecule has 1 saturated carbocycles. The first-order valence-electron chi connectivity index (χ1n) is 8.86. The van der Waals surface area contributed by atoms with Crippen molar-refractivity contribution in [3.63, 3.8) is 0 Å². The molecule has 6 heteroatoms. The Labute approximate surface area is 141 Å². The molecule has 128 valence electrons. The zero-order chi connectivity index (χ0) is 16.5. The lowest BCUT2D eigenvalue weighted by Crippen LogP contribution is -2.26. The molecule has 0 bridgehead atoms. The number of anilines is 1. The zero-order valence-electron chi connectivity index (χ0n) is 14.1. The monoisotopic (exact) mass is 328 g/mol. The number of ether oxygens (including phenoxy) is 1. The molecule has 1 aromatic heterocycles. The van der Waals surface area contributed by atoms with Crippen LogP contribution in [0.1, 0.15) is 38.5 Å². The van der Waals surface area contributed by atoms with E-state index >= 15 is 0 Å². The highest BCUT2D eigenvalue weighted by atomic mass is 16.5. The van der Waals surface area contributed by atoms with Crippen LogP contribution in [0, 0.1) is 0 Å². The van der Waals surface area contributed by atoms with Crippen LogP contribution < -0.4 is 15.7 Å². The molecule has 0 unspecified atom stereocenters. The number of nitrogens with zero attached hydrogens (tertiary/aromatic N) is 3. The van der Waals surface area contributed by atoms with Crippen molar-refractivity contribution in [1.29, 1.82) is 0 Å². The van der Waals surface area contributed by atoms with Crippen LogP contribution in [0.3, 0.4) is 0 Å². The van der Waals surface area contributed by atoms with Crippen molar-refractivity contribution in [2.75, 3.05) is 19.0 Å². The number of benzene rings is 1. The fourth-order valence-electron chi connectivity index (χ4n) is 3.81. The van der Waals surface area contributed by atoms with Gasteiger partial charge in [-0.1, -0.05) is 25.7 Å². The van der Waals surface area contributed by atoms with E-state index in [4.69, 9.17) is 14.7 Å². The molecule has 2 aliphatic rings. The minimum atomic E-state index is 0.112. The Morgan fingerprint density at radius 1 is 1.25 bits per heavy atom. The number of hydrogen-bond acceptors (Lipinski definition) is 5.